The largest absolute Gasteiger partial charge is 0.497 e. The van der Waals surface area contributed by atoms with Crippen molar-refractivity contribution in [1.29, 1.82) is 0 Å². The Kier molecular flexibility index (Phi) is 18.9. The van der Waals surface area contributed by atoms with Gasteiger partial charge in [-0.25, -0.2) is 0 Å². The Bertz CT molecular complexity index is 1470. The van der Waals surface area contributed by atoms with Crippen LogP contribution in [0.1, 0.15) is 91.9 Å². The zero-order valence-electron chi connectivity index (χ0n) is 36.6. The summed E-state index contributed by atoms with van der Waals surface area (Å²) in [5.74, 6) is -1.94. The Morgan fingerprint density at radius 3 is 2.04 bits per heavy atom. The fourth-order valence-corrected chi connectivity index (χ4v) is 8.19. The molecule has 1 fully saturated rings. The summed E-state index contributed by atoms with van der Waals surface area (Å²) in [7, 11) is 9.58. The van der Waals surface area contributed by atoms with Crippen molar-refractivity contribution in [3.63, 3.8) is 0 Å². The number of nitrogens with one attached hydrogen (secondary N) is 3. The Morgan fingerprint density at radius 1 is 0.911 bits per heavy atom. The quantitative estimate of drug-likeness (QED) is 0.148. The number of methoxy groups -OCH3 is 4. The Balaban J connectivity index is 2.39. The van der Waals surface area contributed by atoms with Crippen LogP contribution in [0.4, 0.5) is 0 Å². The Labute approximate surface area is 335 Å². The van der Waals surface area contributed by atoms with E-state index in [1.165, 1.54) is 21.3 Å². The predicted octanol–water partition coefficient (Wildman–Crippen LogP) is 3.70. The molecule has 0 aromatic heterocycles. The minimum Gasteiger partial charge on any atom is -0.497 e. The number of hydrogen-bond donors (Lipinski definition) is 3. The number of ether oxygens (including phenoxy) is 4. The number of hydrogen-bond acceptors (Lipinski definition) is 10. The van der Waals surface area contributed by atoms with Gasteiger partial charge in [-0.15, -0.1) is 0 Å². The molecule has 0 aliphatic carbocycles. The van der Waals surface area contributed by atoms with Crippen LogP contribution in [0.3, 0.4) is 0 Å². The third kappa shape index (κ3) is 11.5. The molecule has 0 saturated carbocycles. The summed E-state index contributed by atoms with van der Waals surface area (Å²) in [4.78, 5) is 72.4. The molecule has 0 bridgehead atoms. The Morgan fingerprint density at radius 2 is 1.54 bits per heavy atom. The van der Waals surface area contributed by atoms with Crippen molar-refractivity contribution < 1.29 is 42.9 Å². The smallest absolute Gasteiger partial charge is 0.245 e. The van der Waals surface area contributed by atoms with E-state index in [0.717, 1.165) is 0 Å². The van der Waals surface area contributed by atoms with E-state index >= 15 is 0 Å². The summed E-state index contributed by atoms with van der Waals surface area (Å²) in [6.45, 7) is 17.2. The molecule has 1 aliphatic rings. The average Bonchev–Trinajstić information content (AvgIpc) is 3.52. The van der Waals surface area contributed by atoms with E-state index in [4.69, 9.17) is 18.9 Å². The molecule has 4 amide bonds. The van der Waals surface area contributed by atoms with Gasteiger partial charge in [-0.3, -0.25) is 24.0 Å². The molecule has 0 radical (unpaired) electrons. The number of carbonyl (C=O) groups is 5. The van der Waals surface area contributed by atoms with E-state index in [-0.39, 0.29) is 60.3 Å². The summed E-state index contributed by atoms with van der Waals surface area (Å²) in [5.41, 5.74) is -0.577. The van der Waals surface area contributed by atoms with Crippen molar-refractivity contribution in [3.05, 3.63) is 29.8 Å². The van der Waals surface area contributed by atoms with Gasteiger partial charge in [0, 0.05) is 46.9 Å². The molecule has 1 aromatic carbocycles. The average molecular weight is 790 g/mol. The van der Waals surface area contributed by atoms with Gasteiger partial charge < -0.3 is 44.7 Å². The molecular weight excluding hydrogens is 718 g/mol. The van der Waals surface area contributed by atoms with E-state index in [1.54, 1.807) is 69.1 Å². The maximum atomic E-state index is 14.6. The van der Waals surface area contributed by atoms with E-state index < -0.39 is 53.7 Å². The third-order valence-corrected chi connectivity index (χ3v) is 11.7. The van der Waals surface area contributed by atoms with Crippen LogP contribution in [0.5, 0.6) is 5.75 Å². The van der Waals surface area contributed by atoms with Gasteiger partial charge in [0.05, 0.1) is 61.4 Å². The van der Waals surface area contributed by atoms with Gasteiger partial charge in [0.25, 0.3) is 0 Å². The standard InChI is InChI=1S/C42H71N5O9/c1-16-26(6)36(46(11)41(52)35(25(4)5)45-40(51)34(43-10)24(2)3)32(55-14)21-33(48)47-23-31(54-13)22-42(47,9)38(56-15)27(7)39(50)44-28(8)37(49)29-18-17-19-30(20-29)53-12/h17-20,24-28,31-32,34-36,38,43H,16,21-23H2,1-15H3,(H,44,50)(H,45,51)/t26?,27-,28-,31-,32-,34+,35+,36+,38-,42+/m1/s1. The lowest BCUT2D eigenvalue weighted by atomic mass is 9.82. The van der Waals surface area contributed by atoms with Gasteiger partial charge >= 0.3 is 0 Å². The zero-order chi connectivity index (χ0) is 42.7. The van der Waals surface area contributed by atoms with Gasteiger partial charge in [-0.05, 0) is 50.8 Å². The highest BCUT2D eigenvalue weighted by atomic mass is 16.5. The molecule has 1 saturated heterocycles. The van der Waals surface area contributed by atoms with Crippen LogP contribution in [0, 0.1) is 23.7 Å². The van der Waals surface area contributed by atoms with Gasteiger partial charge in [-0.2, -0.15) is 0 Å². The second-order valence-corrected chi connectivity index (χ2v) is 16.2. The number of likely N-dealkylation sites (tertiary alicyclic amines) is 1. The Hall–Kier alpha value is -3.59. The molecule has 1 heterocycles. The van der Waals surface area contributed by atoms with Gasteiger partial charge in [-0.1, -0.05) is 67.0 Å². The molecule has 3 N–H and O–H groups in total. The van der Waals surface area contributed by atoms with Crippen molar-refractivity contribution in [2.24, 2.45) is 23.7 Å². The molecule has 1 aromatic rings. The van der Waals surface area contributed by atoms with E-state index in [1.807, 2.05) is 48.5 Å². The predicted molar refractivity (Wildman–Crippen MR) is 216 cm³/mol. The van der Waals surface area contributed by atoms with Crippen LogP contribution < -0.4 is 20.7 Å². The number of amides is 4. The number of ketones is 1. The first-order valence-electron chi connectivity index (χ1n) is 19.9. The maximum absolute atomic E-state index is 14.6. The number of Topliss-reactive ketones (excluding diaryl/α,β-unsaturated/α-hetero) is 1. The zero-order valence-corrected chi connectivity index (χ0v) is 36.6. The number of nitrogens with zero attached hydrogens (tertiary/aromatic N) is 2. The van der Waals surface area contributed by atoms with Crippen molar-refractivity contribution >= 4 is 29.4 Å². The monoisotopic (exact) mass is 790 g/mol. The molecule has 56 heavy (non-hydrogen) atoms. The van der Waals surface area contributed by atoms with Gasteiger partial charge in [0.15, 0.2) is 5.78 Å². The maximum Gasteiger partial charge on any atom is 0.245 e. The lowest BCUT2D eigenvalue weighted by Gasteiger charge is -2.44. The highest BCUT2D eigenvalue weighted by Gasteiger charge is 2.53. The lowest BCUT2D eigenvalue weighted by molar-refractivity contribution is -0.152. The molecule has 1 unspecified atom stereocenters. The SMILES string of the molecule is CCC(C)[C@@H]([C@@H](CC(=O)N1C[C@H](OC)C[C@@]1(C)[C@H](OC)[C@@H](C)C(=O)N[C@H](C)C(=O)c1cccc(OC)c1)OC)N(C)C(=O)[C@@H](NC(=O)[C@@H](NC)C(C)C)C(C)C. The summed E-state index contributed by atoms with van der Waals surface area (Å²) < 4.78 is 23.1. The van der Waals surface area contributed by atoms with Crippen molar-refractivity contribution in [2.45, 2.75) is 130 Å². The topological polar surface area (TPSA) is 165 Å². The number of carbonyl (C=O) groups excluding carboxylic acids is 5. The highest BCUT2D eigenvalue weighted by molar-refractivity contribution is 6.02. The van der Waals surface area contributed by atoms with Crippen molar-refractivity contribution in [1.82, 2.24) is 25.8 Å². The van der Waals surface area contributed by atoms with Gasteiger partial charge in [0.2, 0.25) is 23.6 Å². The van der Waals surface area contributed by atoms with Crippen molar-refractivity contribution in [3.8, 4) is 5.75 Å². The molecular formula is C42H71N5O9. The number of benzene rings is 1. The first-order valence-corrected chi connectivity index (χ1v) is 19.9. The van der Waals surface area contributed by atoms with Gasteiger partial charge in [0.1, 0.15) is 11.8 Å². The van der Waals surface area contributed by atoms with Crippen LogP contribution in [0.15, 0.2) is 24.3 Å². The van der Waals surface area contributed by atoms with E-state index in [0.29, 0.717) is 24.2 Å². The lowest BCUT2D eigenvalue weighted by Crippen LogP contribution is -2.61. The summed E-state index contributed by atoms with van der Waals surface area (Å²) >= 11 is 0. The van der Waals surface area contributed by atoms with Crippen LogP contribution >= 0.6 is 0 Å². The summed E-state index contributed by atoms with van der Waals surface area (Å²) in [6, 6.07) is 4.14. The van der Waals surface area contributed by atoms with E-state index in [2.05, 4.69) is 16.0 Å². The summed E-state index contributed by atoms with van der Waals surface area (Å²) in [5, 5.41) is 8.88. The number of rotatable bonds is 22. The molecule has 14 nitrogen and oxygen atoms in total. The normalized spacial score (nSPS) is 21.4. The second kappa shape index (κ2) is 21.8. The van der Waals surface area contributed by atoms with Crippen LogP contribution in [0.25, 0.3) is 0 Å². The van der Waals surface area contributed by atoms with Crippen LogP contribution in [-0.4, -0.2) is 136 Å². The van der Waals surface area contributed by atoms with Crippen LogP contribution in [0.2, 0.25) is 0 Å². The van der Waals surface area contributed by atoms with Crippen molar-refractivity contribution in [2.75, 3.05) is 49.1 Å². The van der Waals surface area contributed by atoms with Crippen LogP contribution in [-0.2, 0) is 33.4 Å². The first kappa shape index (κ1) is 48.6. The minimum atomic E-state index is -0.984. The van der Waals surface area contributed by atoms with E-state index in [9.17, 15) is 24.0 Å². The molecule has 318 valence electrons. The summed E-state index contributed by atoms with van der Waals surface area (Å²) in [6.07, 6.45) is -0.770. The second-order valence-electron chi connectivity index (χ2n) is 16.2. The highest BCUT2D eigenvalue weighted by Crippen LogP contribution is 2.39. The fourth-order valence-electron chi connectivity index (χ4n) is 8.19. The molecule has 0 spiro atoms. The fraction of sp³-hybridized carbons (Fsp3) is 0.738. The minimum absolute atomic E-state index is 0.0129. The number of likely N-dealkylation sites (N-methyl/N-ethyl adjacent to an activating group) is 2. The molecule has 10 atom stereocenters. The molecule has 14 heteroatoms. The molecule has 2 rings (SSSR count). The first-order chi connectivity index (χ1) is 26.3. The molecule has 1 aliphatic heterocycles. The third-order valence-electron chi connectivity index (χ3n) is 11.7.